The number of carbonyl (C=O) groups is 1. The number of carbonyl (C=O) groups excluding carboxylic acids is 1. The van der Waals surface area contributed by atoms with Crippen LogP contribution in [-0.2, 0) is 20.1 Å². The third kappa shape index (κ3) is 4.43. The number of hydrogen-bond donors (Lipinski definition) is 3. The second-order valence-corrected chi connectivity index (χ2v) is 12.5. The van der Waals surface area contributed by atoms with Gasteiger partial charge in [-0.25, -0.2) is 9.97 Å². The number of imidazole rings is 1. The Morgan fingerprint density at radius 3 is 2.70 bits per heavy atom. The lowest BCUT2D eigenvalue weighted by atomic mass is 10.1. The Labute approximate surface area is 254 Å². The number of pyridine rings is 1. The van der Waals surface area contributed by atoms with Crippen LogP contribution in [-0.4, -0.2) is 77.1 Å². The molecule has 3 aliphatic rings. The largest absolute Gasteiger partial charge is 0.494 e. The van der Waals surface area contributed by atoms with E-state index in [2.05, 4.69) is 31.7 Å². The fourth-order valence-electron chi connectivity index (χ4n) is 7.18. The molecule has 5 aromatic rings. The Bertz CT molecular complexity index is 1900. The number of likely N-dealkylation sites (tertiary alicyclic amines) is 1. The molecule has 3 fully saturated rings. The van der Waals surface area contributed by atoms with Crippen LogP contribution >= 0.6 is 0 Å². The van der Waals surface area contributed by atoms with Crippen LogP contribution in [0.15, 0.2) is 42.6 Å². The first-order valence-corrected chi connectivity index (χ1v) is 15.4. The van der Waals surface area contributed by atoms with E-state index in [0.717, 1.165) is 53.0 Å². The van der Waals surface area contributed by atoms with Gasteiger partial charge in [0, 0.05) is 55.4 Å². The molecule has 5 heterocycles. The van der Waals surface area contributed by atoms with Crippen LogP contribution < -0.4 is 15.8 Å². The number of aliphatic hydroxyl groups is 1. The molecule has 12 heteroatoms. The summed E-state index contributed by atoms with van der Waals surface area (Å²) < 4.78 is 11.9. The van der Waals surface area contributed by atoms with E-state index >= 15 is 0 Å². The maximum Gasteiger partial charge on any atom is 0.254 e. The number of amides is 1. The standard InChI is InChI=1S/C32H37N9O3/c1-38-29-22(13-21(15-25(29)44-2)32(43)41-17-20-5-7-23(41)28(20)33)34-31(38)24-14-19-6-8-26(35-27-9-10-39(37-27)11-12-42)36-30(19)40(24)16-18-3-4-18/h6,8-10,13-15,18,20,23,28,42H,3-5,7,11-12,16-17,33H2,1-2H3,(H,35,36,37)/t20?,23?,28-/m1/s1. The Morgan fingerprint density at radius 1 is 1.11 bits per heavy atom. The summed E-state index contributed by atoms with van der Waals surface area (Å²) in [7, 11) is 3.63. The smallest absolute Gasteiger partial charge is 0.254 e. The topological polar surface area (TPSA) is 141 Å². The first-order chi connectivity index (χ1) is 21.4. The van der Waals surface area contributed by atoms with Crippen LogP contribution in [0.5, 0.6) is 5.75 Å². The number of aliphatic hydroxyl groups excluding tert-OH is 1. The summed E-state index contributed by atoms with van der Waals surface area (Å²) in [5.41, 5.74) is 10.4. The van der Waals surface area contributed by atoms with Gasteiger partial charge in [-0.15, -0.1) is 0 Å². The van der Waals surface area contributed by atoms with Crippen LogP contribution in [0.4, 0.5) is 11.6 Å². The Kier molecular flexibility index (Phi) is 6.38. The number of ether oxygens (including phenoxy) is 1. The second-order valence-electron chi connectivity index (χ2n) is 12.5. The first-order valence-electron chi connectivity index (χ1n) is 15.4. The quantitative estimate of drug-likeness (QED) is 0.235. The van der Waals surface area contributed by atoms with Gasteiger partial charge < -0.3 is 34.9 Å². The molecule has 1 aromatic carbocycles. The SMILES string of the molecule is COc1cc(C(=O)N2CC3CCC2[C@@H]3N)cc2nc(-c3cc4ccc(Nc5ccn(CCO)n5)nc4n3CC3CC3)n(C)c12. The monoisotopic (exact) mass is 595 g/mol. The fourth-order valence-corrected chi connectivity index (χ4v) is 7.18. The Balaban J connectivity index is 1.18. The van der Waals surface area contributed by atoms with Gasteiger partial charge in [0.05, 0.1) is 31.5 Å². The fraction of sp³-hybridized carbons (Fsp3) is 0.438. The molecular weight excluding hydrogens is 558 g/mol. The number of aromatic nitrogens is 6. The number of nitrogens with zero attached hydrogens (tertiary/aromatic N) is 7. The zero-order valence-electron chi connectivity index (χ0n) is 25.0. The van der Waals surface area contributed by atoms with Crippen molar-refractivity contribution in [2.75, 3.05) is 25.6 Å². The Morgan fingerprint density at radius 2 is 1.98 bits per heavy atom. The lowest BCUT2D eigenvalue weighted by Gasteiger charge is -2.27. The van der Waals surface area contributed by atoms with Crippen LogP contribution in [0.25, 0.3) is 33.6 Å². The molecular formula is C32H37N9O3. The molecule has 1 saturated heterocycles. The molecule has 228 valence electrons. The number of fused-ring (bicyclic) bond motifs is 4. The molecule has 44 heavy (non-hydrogen) atoms. The van der Waals surface area contributed by atoms with E-state index in [1.54, 1.807) is 11.8 Å². The van der Waals surface area contributed by atoms with Crippen LogP contribution in [0, 0.1) is 11.8 Å². The number of piperidine rings is 1. The van der Waals surface area contributed by atoms with Crippen molar-refractivity contribution in [3.05, 3.63) is 48.2 Å². The minimum absolute atomic E-state index is 0.00618. The number of hydrogen-bond acceptors (Lipinski definition) is 8. The minimum Gasteiger partial charge on any atom is -0.494 e. The molecule has 4 N–H and O–H groups in total. The summed E-state index contributed by atoms with van der Waals surface area (Å²) in [6.07, 6.45) is 6.28. The number of aryl methyl sites for hydroxylation is 1. The van der Waals surface area contributed by atoms with Crippen LogP contribution in [0.2, 0.25) is 0 Å². The van der Waals surface area contributed by atoms with Gasteiger partial charge in [0.15, 0.2) is 11.6 Å². The Hall–Kier alpha value is -4.42. The summed E-state index contributed by atoms with van der Waals surface area (Å²) in [6.45, 7) is 2.03. The summed E-state index contributed by atoms with van der Waals surface area (Å²) >= 11 is 0. The van der Waals surface area contributed by atoms with Gasteiger partial charge in [-0.2, -0.15) is 5.10 Å². The van der Waals surface area contributed by atoms with E-state index in [1.807, 2.05) is 42.4 Å². The van der Waals surface area contributed by atoms with Crippen molar-refractivity contribution in [1.82, 2.24) is 33.8 Å². The van der Waals surface area contributed by atoms with Crippen molar-refractivity contribution in [2.45, 2.75) is 50.9 Å². The lowest BCUT2D eigenvalue weighted by molar-refractivity contribution is 0.0700. The zero-order valence-corrected chi connectivity index (χ0v) is 25.0. The van der Waals surface area contributed by atoms with Gasteiger partial charge in [0.1, 0.15) is 22.7 Å². The van der Waals surface area contributed by atoms with Crippen molar-refractivity contribution in [3.63, 3.8) is 0 Å². The molecule has 2 aliphatic carbocycles. The number of nitrogens with one attached hydrogen (secondary N) is 1. The van der Waals surface area contributed by atoms with Crippen LogP contribution in [0.1, 0.15) is 36.0 Å². The van der Waals surface area contributed by atoms with Gasteiger partial charge in [0.2, 0.25) is 0 Å². The molecule has 8 rings (SSSR count). The van der Waals surface area contributed by atoms with Gasteiger partial charge >= 0.3 is 0 Å². The van der Waals surface area contributed by atoms with Crippen molar-refractivity contribution in [3.8, 4) is 17.3 Å². The number of nitrogens with two attached hydrogens (primary N) is 1. The molecule has 0 radical (unpaired) electrons. The second kappa shape index (κ2) is 10.3. The van der Waals surface area contributed by atoms with Crippen molar-refractivity contribution >= 4 is 39.6 Å². The van der Waals surface area contributed by atoms with E-state index < -0.39 is 0 Å². The third-order valence-corrected chi connectivity index (χ3v) is 9.65. The van der Waals surface area contributed by atoms with Crippen molar-refractivity contribution in [2.24, 2.45) is 24.6 Å². The highest BCUT2D eigenvalue weighted by molar-refractivity contribution is 6.00. The number of methoxy groups -OCH3 is 1. The molecule has 12 nitrogen and oxygen atoms in total. The summed E-state index contributed by atoms with van der Waals surface area (Å²) in [4.78, 5) is 25.8. The number of anilines is 2. The molecule has 2 unspecified atom stereocenters. The molecule has 2 bridgehead atoms. The third-order valence-electron chi connectivity index (χ3n) is 9.65. The molecule has 4 aromatic heterocycles. The lowest BCUT2D eigenvalue weighted by Crippen LogP contribution is -2.41. The highest BCUT2D eigenvalue weighted by Crippen LogP contribution is 2.40. The summed E-state index contributed by atoms with van der Waals surface area (Å²) in [5.74, 6) is 3.76. The molecule has 1 amide bonds. The van der Waals surface area contributed by atoms with Gasteiger partial charge in [-0.3, -0.25) is 9.48 Å². The summed E-state index contributed by atoms with van der Waals surface area (Å²) in [5, 5.41) is 18.0. The molecule has 3 atom stereocenters. The van der Waals surface area contributed by atoms with Gasteiger partial charge in [-0.05, 0) is 67.9 Å². The van der Waals surface area contributed by atoms with Crippen molar-refractivity contribution < 1.29 is 14.6 Å². The number of benzene rings is 1. The zero-order chi connectivity index (χ0) is 30.1. The van der Waals surface area contributed by atoms with E-state index in [0.29, 0.717) is 47.9 Å². The first kappa shape index (κ1) is 27.2. The van der Waals surface area contributed by atoms with Gasteiger partial charge in [0.25, 0.3) is 5.91 Å². The van der Waals surface area contributed by atoms with Gasteiger partial charge in [-0.1, -0.05) is 0 Å². The molecule has 2 saturated carbocycles. The van der Waals surface area contributed by atoms with E-state index in [1.165, 1.54) is 12.8 Å². The normalized spacial score (nSPS) is 21.2. The average Bonchev–Trinajstić information content (AvgIpc) is 3.28. The van der Waals surface area contributed by atoms with Crippen LogP contribution in [0.3, 0.4) is 0 Å². The molecule has 1 aliphatic heterocycles. The maximum atomic E-state index is 13.7. The predicted octanol–water partition coefficient (Wildman–Crippen LogP) is 3.50. The van der Waals surface area contributed by atoms with E-state index in [4.69, 9.17) is 20.4 Å². The highest BCUT2D eigenvalue weighted by Gasteiger charge is 2.47. The van der Waals surface area contributed by atoms with E-state index in [-0.39, 0.29) is 24.6 Å². The highest BCUT2D eigenvalue weighted by atomic mass is 16.5. The average molecular weight is 596 g/mol. The summed E-state index contributed by atoms with van der Waals surface area (Å²) in [6, 6.07) is 11.9. The predicted molar refractivity (Wildman–Crippen MR) is 167 cm³/mol. The number of rotatable bonds is 9. The maximum absolute atomic E-state index is 13.7. The van der Waals surface area contributed by atoms with E-state index in [9.17, 15) is 9.90 Å². The van der Waals surface area contributed by atoms with Crippen molar-refractivity contribution in [1.29, 1.82) is 0 Å². The molecule has 0 spiro atoms. The minimum atomic E-state index is -0.00618.